The Morgan fingerprint density at radius 3 is 2.55 bits per heavy atom. The lowest BCUT2D eigenvalue weighted by molar-refractivity contribution is -0.140. The molecule has 2 rings (SSSR count). The van der Waals surface area contributed by atoms with Gasteiger partial charge in [0.2, 0.25) is 0 Å². The summed E-state index contributed by atoms with van der Waals surface area (Å²) in [5.74, 6) is -1.01. The van der Waals surface area contributed by atoms with Crippen LogP contribution in [0.4, 0.5) is 0 Å². The van der Waals surface area contributed by atoms with Gasteiger partial charge in [-0.1, -0.05) is 23.7 Å². The van der Waals surface area contributed by atoms with Crippen LogP contribution in [0.25, 0.3) is 10.1 Å². The molecule has 0 aliphatic heterocycles. The topological polar surface area (TPSA) is 55.8 Å². The number of hydrogen-bond donors (Lipinski definition) is 1. The van der Waals surface area contributed by atoms with Gasteiger partial charge in [-0.25, -0.2) is 4.79 Å². The second-order valence-corrected chi connectivity index (χ2v) is 5.48. The Bertz CT molecular complexity index is 617. The number of carbonyl (C=O) groups is 1. The number of carboxylic acids is 1. The maximum Gasteiger partial charge on any atom is 0.347 e. The predicted molar refractivity (Wildman–Crippen MR) is 79.8 cm³/mol. The van der Waals surface area contributed by atoms with Crippen molar-refractivity contribution < 1.29 is 19.4 Å². The minimum absolute atomic E-state index is 0.156. The molecule has 0 fully saturated rings. The van der Waals surface area contributed by atoms with Gasteiger partial charge in [-0.3, -0.25) is 0 Å². The summed E-state index contributed by atoms with van der Waals surface area (Å²) in [5, 5.41) is 10.1. The van der Waals surface area contributed by atoms with Crippen molar-refractivity contribution in [3.8, 4) is 0 Å². The first-order chi connectivity index (χ1) is 9.58. The van der Waals surface area contributed by atoms with Crippen molar-refractivity contribution in [2.75, 3.05) is 13.2 Å². The van der Waals surface area contributed by atoms with E-state index in [1.165, 1.54) is 0 Å². The second kappa shape index (κ2) is 6.54. The number of aromatic carboxylic acids is 1. The molecule has 1 aromatic heterocycles. The number of hydrogen-bond acceptors (Lipinski definition) is 4. The average Bonchev–Trinajstić information content (AvgIpc) is 2.75. The molecule has 2 aromatic rings. The number of halogens is 1. The van der Waals surface area contributed by atoms with E-state index < -0.39 is 12.3 Å². The molecule has 0 aliphatic carbocycles. The number of fused-ring (bicyclic) bond motifs is 1. The van der Waals surface area contributed by atoms with Gasteiger partial charge in [0.25, 0.3) is 0 Å². The standard InChI is InChI=1S/C14H15ClO4S/c1-3-18-14(19-4-2)8-5-6-9-10(7-8)20-12(11(9)15)13(16)17/h5-7,14H,3-4H2,1-2H3,(H,16,17). The van der Waals surface area contributed by atoms with Gasteiger partial charge in [0.1, 0.15) is 4.88 Å². The van der Waals surface area contributed by atoms with Crippen molar-refractivity contribution in [3.05, 3.63) is 33.7 Å². The maximum absolute atomic E-state index is 11.1. The molecule has 1 aromatic carbocycles. The van der Waals surface area contributed by atoms with E-state index in [1.54, 1.807) is 6.07 Å². The van der Waals surface area contributed by atoms with Crippen LogP contribution >= 0.6 is 22.9 Å². The summed E-state index contributed by atoms with van der Waals surface area (Å²) in [6.45, 7) is 4.87. The summed E-state index contributed by atoms with van der Waals surface area (Å²) in [5.41, 5.74) is 0.857. The zero-order valence-electron chi connectivity index (χ0n) is 11.2. The third-order valence-electron chi connectivity index (χ3n) is 2.76. The molecule has 6 heteroatoms. The van der Waals surface area contributed by atoms with E-state index in [9.17, 15) is 4.79 Å². The Morgan fingerprint density at radius 1 is 1.35 bits per heavy atom. The summed E-state index contributed by atoms with van der Waals surface area (Å²) in [6, 6.07) is 5.53. The van der Waals surface area contributed by atoms with Crippen LogP contribution in [0.3, 0.4) is 0 Å². The predicted octanol–water partition coefficient (Wildman–Crippen LogP) is 4.32. The van der Waals surface area contributed by atoms with Crippen LogP contribution in [0.2, 0.25) is 5.02 Å². The Morgan fingerprint density at radius 2 is 2.00 bits per heavy atom. The smallest absolute Gasteiger partial charge is 0.347 e. The van der Waals surface area contributed by atoms with Gasteiger partial charge in [0, 0.05) is 28.9 Å². The van der Waals surface area contributed by atoms with E-state index in [4.69, 9.17) is 26.2 Å². The minimum Gasteiger partial charge on any atom is -0.477 e. The van der Waals surface area contributed by atoms with Crippen molar-refractivity contribution >= 4 is 39.0 Å². The van der Waals surface area contributed by atoms with Gasteiger partial charge in [-0.2, -0.15) is 0 Å². The molecule has 0 bridgehead atoms. The summed E-state index contributed by atoms with van der Waals surface area (Å²) in [7, 11) is 0. The fourth-order valence-electron chi connectivity index (χ4n) is 1.91. The first kappa shape index (κ1) is 15.3. The lowest BCUT2D eigenvalue weighted by atomic mass is 10.1. The highest BCUT2D eigenvalue weighted by Crippen LogP contribution is 2.37. The normalized spacial score (nSPS) is 11.4. The molecule has 1 N–H and O–H groups in total. The van der Waals surface area contributed by atoms with Crippen LogP contribution < -0.4 is 0 Å². The van der Waals surface area contributed by atoms with Crippen LogP contribution in [-0.4, -0.2) is 24.3 Å². The number of benzene rings is 1. The number of thiophene rings is 1. The summed E-state index contributed by atoms with van der Waals surface area (Å²) in [4.78, 5) is 11.2. The van der Waals surface area contributed by atoms with Crippen molar-refractivity contribution in [2.24, 2.45) is 0 Å². The fraction of sp³-hybridized carbons (Fsp3) is 0.357. The van der Waals surface area contributed by atoms with E-state index in [0.717, 1.165) is 27.0 Å². The van der Waals surface area contributed by atoms with Crippen molar-refractivity contribution in [3.63, 3.8) is 0 Å². The summed E-state index contributed by atoms with van der Waals surface area (Å²) < 4.78 is 11.9. The monoisotopic (exact) mass is 314 g/mol. The van der Waals surface area contributed by atoms with Crippen LogP contribution in [0.5, 0.6) is 0 Å². The minimum atomic E-state index is -1.01. The fourth-order valence-corrected chi connectivity index (χ4v) is 3.31. The zero-order chi connectivity index (χ0) is 14.7. The molecule has 0 amide bonds. The van der Waals surface area contributed by atoms with Crippen LogP contribution in [0, 0.1) is 0 Å². The molecule has 0 aliphatic rings. The Balaban J connectivity index is 2.44. The highest BCUT2D eigenvalue weighted by molar-refractivity contribution is 7.21. The third-order valence-corrected chi connectivity index (χ3v) is 4.40. The average molecular weight is 315 g/mol. The van der Waals surface area contributed by atoms with Crippen molar-refractivity contribution in [1.82, 2.24) is 0 Å². The van der Waals surface area contributed by atoms with Gasteiger partial charge >= 0.3 is 5.97 Å². The van der Waals surface area contributed by atoms with E-state index in [1.807, 2.05) is 26.0 Å². The third kappa shape index (κ3) is 2.96. The molecule has 4 nitrogen and oxygen atoms in total. The van der Waals surface area contributed by atoms with E-state index in [0.29, 0.717) is 13.2 Å². The van der Waals surface area contributed by atoms with Gasteiger partial charge in [0.15, 0.2) is 6.29 Å². The van der Waals surface area contributed by atoms with Gasteiger partial charge in [0.05, 0.1) is 5.02 Å². The Labute approximate surface area is 125 Å². The van der Waals surface area contributed by atoms with Gasteiger partial charge in [-0.05, 0) is 19.9 Å². The molecule has 0 saturated heterocycles. The lowest BCUT2D eigenvalue weighted by Crippen LogP contribution is -2.08. The summed E-state index contributed by atoms with van der Waals surface area (Å²) >= 11 is 7.23. The molecule has 0 spiro atoms. The van der Waals surface area contributed by atoms with Gasteiger partial charge < -0.3 is 14.6 Å². The van der Waals surface area contributed by atoms with E-state index in [-0.39, 0.29) is 9.90 Å². The summed E-state index contributed by atoms with van der Waals surface area (Å²) in [6.07, 6.45) is -0.441. The SMILES string of the molecule is CCOC(OCC)c1ccc2c(Cl)c(C(=O)O)sc2c1. The molecule has 1 heterocycles. The molecular weight excluding hydrogens is 300 g/mol. The van der Waals surface area contributed by atoms with E-state index >= 15 is 0 Å². The number of rotatable bonds is 6. The maximum atomic E-state index is 11.1. The molecule has 0 saturated carbocycles. The van der Waals surface area contributed by atoms with Crippen LogP contribution in [0.1, 0.15) is 35.4 Å². The highest BCUT2D eigenvalue weighted by Gasteiger charge is 2.18. The number of ether oxygens (including phenoxy) is 2. The molecule has 0 atom stereocenters. The molecule has 0 radical (unpaired) electrons. The first-order valence-electron chi connectivity index (χ1n) is 6.26. The van der Waals surface area contributed by atoms with Crippen molar-refractivity contribution in [1.29, 1.82) is 0 Å². The lowest BCUT2D eigenvalue weighted by Gasteiger charge is -2.17. The van der Waals surface area contributed by atoms with Crippen LogP contribution in [-0.2, 0) is 9.47 Å². The second-order valence-electron chi connectivity index (χ2n) is 4.05. The molecule has 20 heavy (non-hydrogen) atoms. The Hall–Kier alpha value is -1.14. The largest absolute Gasteiger partial charge is 0.477 e. The Kier molecular flexibility index (Phi) is 4.99. The first-order valence-corrected chi connectivity index (χ1v) is 7.46. The zero-order valence-corrected chi connectivity index (χ0v) is 12.8. The molecular formula is C14H15ClO4S. The van der Waals surface area contributed by atoms with E-state index in [2.05, 4.69) is 0 Å². The molecule has 108 valence electrons. The number of carboxylic acid groups (broad SMARTS) is 1. The quantitative estimate of drug-likeness (QED) is 0.806. The van der Waals surface area contributed by atoms with Gasteiger partial charge in [-0.15, -0.1) is 11.3 Å². The highest BCUT2D eigenvalue weighted by atomic mass is 35.5. The van der Waals surface area contributed by atoms with Crippen LogP contribution in [0.15, 0.2) is 18.2 Å². The van der Waals surface area contributed by atoms with Crippen molar-refractivity contribution in [2.45, 2.75) is 20.1 Å². The molecule has 0 unspecified atom stereocenters.